The van der Waals surface area contributed by atoms with Gasteiger partial charge in [-0.2, -0.15) is 5.10 Å². The second-order valence-corrected chi connectivity index (χ2v) is 4.85. The summed E-state index contributed by atoms with van der Waals surface area (Å²) in [5.41, 5.74) is 1.19. The molecule has 0 amide bonds. The van der Waals surface area contributed by atoms with E-state index in [0.717, 1.165) is 6.42 Å². The van der Waals surface area contributed by atoms with Crippen molar-refractivity contribution in [1.82, 2.24) is 15.1 Å². The van der Waals surface area contributed by atoms with Crippen LogP contribution in [0.5, 0.6) is 0 Å². The van der Waals surface area contributed by atoms with Gasteiger partial charge in [0.05, 0.1) is 5.69 Å². The summed E-state index contributed by atoms with van der Waals surface area (Å²) in [6.07, 6.45) is 6.85. The Morgan fingerprint density at radius 1 is 1.44 bits per heavy atom. The van der Waals surface area contributed by atoms with Crippen molar-refractivity contribution in [2.24, 2.45) is 7.05 Å². The number of rotatable bonds is 7. The molecule has 0 saturated carbocycles. The lowest BCUT2D eigenvalue weighted by molar-refractivity contribution is 0.421. The Kier molecular flexibility index (Phi) is 5.53. The van der Waals surface area contributed by atoms with Crippen molar-refractivity contribution in [2.45, 2.75) is 58.5 Å². The Labute approximate surface area is 99.2 Å². The zero-order valence-corrected chi connectivity index (χ0v) is 11.0. The zero-order chi connectivity index (χ0) is 12.0. The minimum atomic E-state index is 0.547. The molecule has 1 atom stereocenters. The van der Waals surface area contributed by atoms with Gasteiger partial charge >= 0.3 is 0 Å². The van der Waals surface area contributed by atoms with Crippen molar-refractivity contribution in [3.63, 3.8) is 0 Å². The predicted octanol–water partition coefficient (Wildman–Crippen LogP) is 2.52. The summed E-state index contributed by atoms with van der Waals surface area (Å²) in [5, 5.41) is 8.07. The Morgan fingerprint density at radius 3 is 2.69 bits per heavy atom. The highest BCUT2D eigenvalue weighted by atomic mass is 15.2. The minimum absolute atomic E-state index is 0.547. The molecule has 0 spiro atoms. The number of nitrogens with zero attached hydrogens (tertiary/aromatic N) is 2. The van der Waals surface area contributed by atoms with Crippen molar-refractivity contribution >= 4 is 0 Å². The van der Waals surface area contributed by atoms with E-state index in [2.05, 4.69) is 37.3 Å². The zero-order valence-electron chi connectivity index (χ0n) is 11.0. The van der Waals surface area contributed by atoms with Gasteiger partial charge in [-0.3, -0.25) is 4.68 Å². The second-order valence-electron chi connectivity index (χ2n) is 4.85. The first-order valence-corrected chi connectivity index (χ1v) is 6.36. The molecule has 92 valence electrons. The number of hydrogen-bond acceptors (Lipinski definition) is 2. The van der Waals surface area contributed by atoms with Gasteiger partial charge in [0.15, 0.2) is 0 Å². The number of nitrogens with one attached hydrogen (secondary N) is 1. The summed E-state index contributed by atoms with van der Waals surface area (Å²) in [4.78, 5) is 0. The lowest BCUT2D eigenvalue weighted by Gasteiger charge is -2.20. The standard InChI is InChI=1S/C13H25N3/c1-5-6-7-12(14-11(2)3)10-13-8-9-16(4)15-13/h8-9,11-12,14H,5-7,10H2,1-4H3. The molecule has 0 saturated heterocycles. The number of aromatic nitrogens is 2. The normalized spacial score (nSPS) is 13.3. The number of hydrogen-bond donors (Lipinski definition) is 1. The predicted molar refractivity (Wildman–Crippen MR) is 68.5 cm³/mol. The topological polar surface area (TPSA) is 29.9 Å². The fourth-order valence-electron chi connectivity index (χ4n) is 1.99. The smallest absolute Gasteiger partial charge is 0.0640 e. The molecular formula is C13H25N3. The van der Waals surface area contributed by atoms with Gasteiger partial charge in [0.1, 0.15) is 0 Å². The molecule has 1 aromatic rings. The second kappa shape index (κ2) is 6.69. The molecule has 0 radical (unpaired) electrons. The van der Waals surface area contributed by atoms with Gasteiger partial charge in [-0.1, -0.05) is 33.6 Å². The Balaban J connectivity index is 2.48. The van der Waals surface area contributed by atoms with Gasteiger partial charge in [0.25, 0.3) is 0 Å². The quantitative estimate of drug-likeness (QED) is 0.770. The summed E-state index contributed by atoms with van der Waals surface area (Å²) in [6.45, 7) is 6.65. The maximum atomic E-state index is 4.44. The van der Waals surface area contributed by atoms with E-state index in [0.29, 0.717) is 12.1 Å². The fraction of sp³-hybridized carbons (Fsp3) is 0.769. The molecule has 3 heteroatoms. The molecule has 1 N–H and O–H groups in total. The van der Waals surface area contributed by atoms with E-state index in [-0.39, 0.29) is 0 Å². The van der Waals surface area contributed by atoms with Crippen LogP contribution in [-0.2, 0) is 13.5 Å². The molecule has 0 aromatic carbocycles. The lowest BCUT2D eigenvalue weighted by atomic mass is 10.0. The third kappa shape index (κ3) is 4.79. The summed E-state index contributed by atoms with van der Waals surface area (Å²) in [5.74, 6) is 0. The van der Waals surface area contributed by atoms with Crippen LogP contribution in [0.25, 0.3) is 0 Å². The first-order valence-electron chi connectivity index (χ1n) is 6.36. The van der Waals surface area contributed by atoms with Crippen LogP contribution in [0, 0.1) is 0 Å². The van der Waals surface area contributed by atoms with Gasteiger partial charge < -0.3 is 5.32 Å². The average molecular weight is 223 g/mol. The van der Waals surface area contributed by atoms with E-state index in [1.165, 1.54) is 25.0 Å². The summed E-state index contributed by atoms with van der Waals surface area (Å²) < 4.78 is 1.88. The molecule has 0 aliphatic rings. The van der Waals surface area contributed by atoms with Crippen LogP contribution >= 0.6 is 0 Å². The van der Waals surface area contributed by atoms with Gasteiger partial charge in [0, 0.05) is 31.7 Å². The maximum Gasteiger partial charge on any atom is 0.0640 e. The minimum Gasteiger partial charge on any atom is -0.311 e. The summed E-state index contributed by atoms with van der Waals surface area (Å²) in [7, 11) is 1.97. The van der Waals surface area contributed by atoms with Crippen molar-refractivity contribution in [3.05, 3.63) is 18.0 Å². The first kappa shape index (κ1) is 13.2. The molecule has 1 heterocycles. The van der Waals surface area contributed by atoms with E-state index in [4.69, 9.17) is 0 Å². The Morgan fingerprint density at radius 2 is 2.19 bits per heavy atom. The average Bonchev–Trinajstić information content (AvgIpc) is 2.59. The van der Waals surface area contributed by atoms with E-state index < -0.39 is 0 Å². The molecule has 1 rings (SSSR count). The van der Waals surface area contributed by atoms with Gasteiger partial charge in [-0.05, 0) is 12.5 Å². The molecule has 0 bridgehead atoms. The largest absolute Gasteiger partial charge is 0.311 e. The van der Waals surface area contributed by atoms with Crippen molar-refractivity contribution < 1.29 is 0 Å². The van der Waals surface area contributed by atoms with Crippen molar-refractivity contribution in [1.29, 1.82) is 0 Å². The van der Waals surface area contributed by atoms with Crippen LogP contribution in [0.4, 0.5) is 0 Å². The van der Waals surface area contributed by atoms with Crippen LogP contribution in [0.2, 0.25) is 0 Å². The number of unbranched alkanes of at least 4 members (excludes halogenated alkanes) is 1. The van der Waals surface area contributed by atoms with Crippen LogP contribution in [0.1, 0.15) is 45.7 Å². The highest BCUT2D eigenvalue weighted by Crippen LogP contribution is 2.08. The molecule has 16 heavy (non-hydrogen) atoms. The van der Waals surface area contributed by atoms with E-state index >= 15 is 0 Å². The van der Waals surface area contributed by atoms with Crippen LogP contribution < -0.4 is 5.32 Å². The highest BCUT2D eigenvalue weighted by molar-refractivity contribution is 5.01. The lowest BCUT2D eigenvalue weighted by Crippen LogP contribution is -2.36. The van der Waals surface area contributed by atoms with Crippen LogP contribution in [-0.4, -0.2) is 21.9 Å². The Hall–Kier alpha value is -0.830. The van der Waals surface area contributed by atoms with E-state index in [1.54, 1.807) is 0 Å². The first-order chi connectivity index (χ1) is 7.61. The Bertz CT molecular complexity index is 291. The van der Waals surface area contributed by atoms with Gasteiger partial charge in [0.2, 0.25) is 0 Å². The van der Waals surface area contributed by atoms with E-state index in [1.807, 2.05) is 17.9 Å². The number of aryl methyl sites for hydroxylation is 1. The SMILES string of the molecule is CCCCC(Cc1ccn(C)n1)NC(C)C. The summed E-state index contributed by atoms with van der Waals surface area (Å²) in [6, 6.07) is 3.22. The van der Waals surface area contributed by atoms with Crippen molar-refractivity contribution in [3.8, 4) is 0 Å². The van der Waals surface area contributed by atoms with Crippen LogP contribution in [0.3, 0.4) is 0 Å². The molecular weight excluding hydrogens is 198 g/mol. The molecule has 0 fully saturated rings. The monoisotopic (exact) mass is 223 g/mol. The third-order valence-electron chi connectivity index (χ3n) is 2.70. The van der Waals surface area contributed by atoms with Crippen LogP contribution in [0.15, 0.2) is 12.3 Å². The molecule has 1 aromatic heterocycles. The molecule has 3 nitrogen and oxygen atoms in total. The molecule has 0 aliphatic carbocycles. The fourth-order valence-corrected chi connectivity index (χ4v) is 1.99. The van der Waals surface area contributed by atoms with Crippen molar-refractivity contribution in [2.75, 3.05) is 0 Å². The van der Waals surface area contributed by atoms with E-state index in [9.17, 15) is 0 Å². The van der Waals surface area contributed by atoms with Gasteiger partial charge in [-0.15, -0.1) is 0 Å². The van der Waals surface area contributed by atoms with Gasteiger partial charge in [-0.25, -0.2) is 0 Å². The summed E-state index contributed by atoms with van der Waals surface area (Å²) >= 11 is 0. The third-order valence-corrected chi connectivity index (χ3v) is 2.70. The molecule has 1 unspecified atom stereocenters. The highest BCUT2D eigenvalue weighted by Gasteiger charge is 2.11. The maximum absolute atomic E-state index is 4.44. The molecule has 0 aliphatic heterocycles.